The largest absolute Gasteiger partial charge is 1.00 e. The van der Waals surface area contributed by atoms with Gasteiger partial charge in [-0.25, -0.2) is 52.7 Å². The number of benzene rings is 11. The van der Waals surface area contributed by atoms with Crippen molar-refractivity contribution < 1.29 is 74.1 Å². The van der Waals surface area contributed by atoms with Gasteiger partial charge in [0.1, 0.15) is 13.1 Å². The van der Waals surface area contributed by atoms with Gasteiger partial charge in [-0.05, 0) is 198 Å². The summed E-state index contributed by atoms with van der Waals surface area (Å²) in [5.41, 5.74) is 6.34. The van der Waals surface area contributed by atoms with Crippen molar-refractivity contribution in [2.24, 2.45) is 0 Å². The zero-order valence-corrected chi connectivity index (χ0v) is 44.9. The van der Waals surface area contributed by atoms with E-state index in [0.717, 1.165) is 98.0 Å². The molecule has 11 aromatic carbocycles. The lowest BCUT2D eigenvalue weighted by Crippen LogP contribution is -3.00. The predicted octanol–water partition coefficient (Wildman–Crippen LogP) is 15.7. The van der Waals surface area contributed by atoms with Gasteiger partial charge in [0.25, 0.3) is 0 Å². The Hall–Kier alpha value is -8.66. The molecule has 0 N–H and O–H groups in total. The smallest absolute Gasteiger partial charge is 0.194 e. The first-order valence-corrected chi connectivity index (χ1v) is 26.1. The van der Waals surface area contributed by atoms with Crippen LogP contribution >= 0.6 is 0 Å². The molecule has 414 valence electrons. The van der Waals surface area contributed by atoms with E-state index in [0.29, 0.717) is 66.0 Å². The van der Waals surface area contributed by atoms with Crippen molar-refractivity contribution in [2.75, 3.05) is 31.1 Å². The van der Waals surface area contributed by atoms with Crippen LogP contribution in [0.3, 0.4) is 0 Å². The zero-order valence-electron chi connectivity index (χ0n) is 43.3. The maximum absolute atomic E-state index is 15.2. The summed E-state index contributed by atoms with van der Waals surface area (Å²) in [6, 6.07) is 45.2. The Morgan fingerprint density at radius 1 is 0.301 bits per heavy atom. The van der Waals surface area contributed by atoms with Gasteiger partial charge in [0, 0.05) is 27.9 Å². The summed E-state index contributed by atoms with van der Waals surface area (Å²) in [5, 5.41) is 3.07. The first-order valence-electron chi connectivity index (χ1n) is 26.1. The van der Waals surface area contributed by atoms with Crippen molar-refractivity contribution in [3.8, 4) is 77.9 Å². The van der Waals surface area contributed by atoms with Gasteiger partial charge in [-0.15, -0.1) is 0 Å². The molecule has 11 aromatic rings. The molecule has 0 unspecified atom stereocenters. The number of piperazine rings is 1. The average Bonchev–Trinajstić information content (AvgIpc) is 3.96. The number of anilines is 1. The van der Waals surface area contributed by atoms with Crippen LogP contribution in [0.1, 0.15) is 11.1 Å². The van der Waals surface area contributed by atoms with Gasteiger partial charge in [0.2, 0.25) is 0 Å². The van der Waals surface area contributed by atoms with E-state index in [9.17, 15) is 17.6 Å². The van der Waals surface area contributed by atoms with E-state index in [1.54, 1.807) is 24.3 Å². The van der Waals surface area contributed by atoms with Crippen LogP contribution in [0.4, 0.5) is 58.4 Å². The minimum Gasteiger partial charge on any atom is -1.00 e. The Labute approximate surface area is 478 Å². The van der Waals surface area contributed by atoms with Crippen LogP contribution in [0.2, 0.25) is 0 Å². The molecule has 2 heterocycles. The topological polar surface area (TPSA) is 3.24 Å². The molecule has 0 amide bonds. The summed E-state index contributed by atoms with van der Waals surface area (Å²) >= 11 is 0. The molecule has 2 aliphatic heterocycles. The van der Waals surface area contributed by atoms with Crippen molar-refractivity contribution >= 4 is 27.2 Å². The Kier molecular flexibility index (Phi) is 14.1. The van der Waals surface area contributed by atoms with Gasteiger partial charge in [0.15, 0.2) is 69.8 Å². The van der Waals surface area contributed by atoms with Crippen LogP contribution in [-0.4, -0.2) is 30.7 Å². The van der Waals surface area contributed by atoms with Crippen molar-refractivity contribution in [3.05, 3.63) is 257 Å². The fraction of sp³-hybridized carbons (Fsp3) is 0.0882. The number of hydrogen-bond donors (Lipinski definition) is 0. The first kappa shape index (κ1) is 54.9. The highest BCUT2D eigenvalue weighted by Gasteiger charge is 2.41. The molecule has 83 heavy (non-hydrogen) atoms. The summed E-state index contributed by atoms with van der Waals surface area (Å²) in [6.45, 7) is 2.93. The van der Waals surface area contributed by atoms with E-state index in [4.69, 9.17) is 0 Å². The summed E-state index contributed by atoms with van der Waals surface area (Å²) < 4.78 is 180. The molecule has 0 aromatic heterocycles. The van der Waals surface area contributed by atoms with Crippen LogP contribution in [0.15, 0.2) is 176 Å². The maximum Gasteiger partial charge on any atom is 0.194 e. The Morgan fingerprint density at radius 2 is 0.578 bits per heavy atom. The summed E-state index contributed by atoms with van der Waals surface area (Å²) in [4.78, 5) is 2.29. The fourth-order valence-corrected chi connectivity index (χ4v) is 12.1. The molecular formula is C68H41BrF12N2. The first-order chi connectivity index (χ1) is 39.5. The molecule has 1 fully saturated rings. The lowest BCUT2D eigenvalue weighted by molar-refractivity contribution is -0.953. The molecule has 2 nitrogen and oxygen atoms in total. The van der Waals surface area contributed by atoms with Crippen molar-refractivity contribution in [1.82, 2.24) is 0 Å². The minimum atomic E-state index is -1.70. The van der Waals surface area contributed by atoms with Crippen LogP contribution < -0.4 is 21.9 Å². The molecule has 1 saturated heterocycles. The monoisotopic (exact) mass is 1190 g/mol. The molecule has 0 saturated carbocycles. The van der Waals surface area contributed by atoms with Crippen molar-refractivity contribution in [3.63, 3.8) is 0 Å². The number of hydrogen-bond acceptors (Lipinski definition) is 1. The molecule has 15 heteroatoms. The highest BCUT2D eigenvalue weighted by atomic mass is 79.9. The van der Waals surface area contributed by atoms with E-state index in [-0.39, 0.29) is 61.5 Å². The number of fused-ring (bicyclic) bond motifs is 7. The predicted molar refractivity (Wildman–Crippen MR) is 295 cm³/mol. The van der Waals surface area contributed by atoms with E-state index in [1.165, 1.54) is 12.1 Å². The second kappa shape index (κ2) is 21.3. The van der Waals surface area contributed by atoms with Gasteiger partial charge in [-0.2, -0.15) is 0 Å². The van der Waals surface area contributed by atoms with Gasteiger partial charge in [-0.3, -0.25) is 0 Å². The van der Waals surface area contributed by atoms with E-state index < -0.39 is 69.8 Å². The molecule has 13 rings (SSSR count). The van der Waals surface area contributed by atoms with Gasteiger partial charge < -0.3 is 26.4 Å². The van der Waals surface area contributed by atoms with E-state index in [2.05, 4.69) is 4.90 Å². The van der Waals surface area contributed by atoms with Crippen molar-refractivity contribution in [2.45, 2.75) is 13.1 Å². The third kappa shape index (κ3) is 9.78. The average molecular weight is 1190 g/mol. The third-order valence-electron chi connectivity index (χ3n) is 16.1. The molecule has 2 aliphatic rings. The van der Waals surface area contributed by atoms with Crippen LogP contribution in [0.5, 0.6) is 0 Å². The summed E-state index contributed by atoms with van der Waals surface area (Å²) in [7, 11) is 0. The van der Waals surface area contributed by atoms with Gasteiger partial charge in [0.05, 0.1) is 26.2 Å². The van der Waals surface area contributed by atoms with E-state index in [1.807, 2.05) is 91.0 Å². The lowest BCUT2D eigenvalue weighted by Gasteiger charge is -2.45. The molecule has 0 radical (unpaired) electrons. The highest BCUT2D eigenvalue weighted by molar-refractivity contribution is 6.12. The van der Waals surface area contributed by atoms with Gasteiger partial charge >= 0.3 is 0 Å². The van der Waals surface area contributed by atoms with Crippen LogP contribution in [0, 0.1) is 69.8 Å². The van der Waals surface area contributed by atoms with Crippen LogP contribution in [0.25, 0.3) is 99.4 Å². The highest BCUT2D eigenvalue weighted by Crippen LogP contribution is 2.52. The van der Waals surface area contributed by atoms with Crippen molar-refractivity contribution in [1.29, 1.82) is 0 Å². The molecule has 0 aliphatic carbocycles. The SMILES string of the molecule is Fc1cc(-c2cc(-c3cc(F)c(F)c(F)c3)cc(-c3cc4ccccc4c4c3C[N+]3(CCN(c5ccccc5)CC3)Cc3c(-c5cc(-c6cc(F)c(F)c(F)c6)cc(-c6cc(F)c(F)c(F)c6)c5)cc5ccccc5c3-4)c2)cc(F)c1F.[Br-]. The number of nitrogens with zero attached hydrogens (tertiary/aromatic N) is 2. The number of quaternary nitrogens is 1. The molecule has 0 bridgehead atoms. The number of para-hydroxylation sites is 1. The quantitative estimate of drug-likeness (QED) is 0.0873. The maximum atomic E-state index is 15.2. The standard InChI is InChI=1S/C68H41F12N2.BrH/c69-55-26-42(27-56(70)65(55)77)38-18-39(43-28-57(71)66(78)58(72)29-43)21-46(20-38)51-24-36-8-4-6-12-49(36)63-53(51)34-82(16-14-81(15-17-82)48-10-2-1-3-11-48)35-54-52(25-37-9-5-7-13-50(37)64(54)63)47-22-40(44-30-59(73)67(79)60(74)31-44)19-41(23-47)45-32-61(75)68(80)62(76)33-45;/h1-13,18-33H,14-17,34-35H2;1H/q+1;/p-1. The van der Waals surface area contributed by atoms with E-state index >= 15 is 35.1 Å². The Bertz CT molecular complexity index is 3960. The number of rotatable bonds is 7. The van der Waals surface area contributed by atoms with Crippen LogP contribution in [-0.2, 0) is 13.1 Å². The number of halogens is 13. The molecule has 0 atom stereocenters. The second-order valence-electron chi connectivity index (χ2n) is 21.0. The minimum absolute atomic E-state index is 0. The molecule has 1 spiro atoms. The normalized spacial score (nSPS) is 13.7. The summed E-state index contributed by atoms with van der Waals surface area (Å²) in [5.74, 6) is -18.6. The zero-order chi connectivity index (χ0) is 56.9. The Balaban J connectivity index is 0.00000680. The lowest BCUT2D eigenvalue weighted by atomic mass is 9.81. The molecular weight excluding hydrogens is 1150 g/mol. The third-order valence-corrected chi connectivity index (χ3v) is 16.1. The Morgan fingerprint density at radius 3 is 0.904 bits per heavy atom. The fourth-order valence-electron chi connectivity index (χ4n) is 12.1. The second-order valence-corrected chi connectivity index (χ2v) is 21.0. The summed E-state index contributed by atoms with van der Waals surface area (Å²) in [6.07, 6.45) is 0. The van der Waals surface area contributed by atoms with Gasteiger partial charge in [-0.1, -0.05) is 66.7 Å².